The summed E-state index contributed by atoms with van der Waals surface area (Å²) in [6.45, 7) is 4.17. The number of amides is 1. The van der Waals surface area contributed by atoms with Crippen molar-refractivity contribution in [2.45, 2.75) is 19.8 Å². The molecule has 124 valence electrons. The molecule has 1 spiro atoms. The van der Waals surface area contributed by atoms with Crippen LogP contribution in [0.3, 0.4) is 0 Å². The van der Waals surface area contributed by atoms with Crippen molar-refractivity contribution < 1.29 is 9.18 Å². The normalized spacial score (nSPS) is 19.5. The van der Waals surface area contributed by atoms with Gasteiger partial charge in [-0.1, -0.05) is 6.07 Å². The number of anilines is 2. The number of β-lactam (4-membered cyclic amide) rings is 1. The zero-order chi connectivity index (χ0) is 16.7. The average Bonchev–Trinajstić information content (AvgIpc) is 2.60. The molecule has 2 aromatic rings. The summed E-state index contributed by atoms with van der Waals surface area (Å²) in [5, 5.41) is 8.32. The number of carbonyl (C=O) groups excluding carboxylic acids is 1. The van der Waals surface area contributed by atoms with Gasteiger partial charge in [-0.15, -0.1) is 5.10 Å². The summed E-state index contributed by atoms with van der Waals surface area (Å²) < 4.78 is 13.4. The van der Waals surface area contributed by atoms with Crippen LogP contribution in [0.15, 0.2) is 36.4 Å². The number of halogens is 1. The molecule has 0 unspecified atom stereocenters. The predicted octanol–water partition coefficient (Wildman–Crippen LogP) is 2.56. The minimum absolute atomic E-state index is 0.114. The third-order valence-electron chi connectivity index (χ3n) is 5.11. The van der Waals surface area contributed by atoms with Crippen LogP contribution >= 0.6 is 0 Å². The van der Waals surface area contributed by atoms with Crippen LogP contribution < -0.4 is 9.80 Å². The molecule has 24 heavy (non-hydrogen) atoms. The number of piperidine rings is 1. The molecule has 1 aromatic heterocycles. The van der Waals surface area contributed by atoms with Crippen LogP contribution in [0.1, 0.15) is 18.5 Å². The molecule has 0 radical (unpaired) electrons. The van der Waals surface area contributed by atoms with E-state index in [1.807, 2.05) is 19.1 Å². The van der Waals surface area contributed by atoms with E-state index in [-0.39, 0.29) is 17.1 Å². The topological polar surface area (TPSA) is 49.3 Å². The first-order valence-corrected chi connectivity index (χ1v) is 8.20. The average molecular weight is 326 g/mol. The van der Waals surface area contributed by atoms with Crippen LogP contribution in [0.2, 0.25) is 0 Å². The van der Waals surface area contributed by atoms with Gasteiger partial charge >= 0.3 is 0 Å². The minimum Gasteiger partial charge on any atom is -0.355 e. The van der Waals surface area contributed by atoms with Crippen LogP contribution in [0.4, 0.5) is 15.9 Å². The number of aromatic nitrogens is 2. The highest BCUT2D eigenvalue weighted by molar-refractivity contribution is 6.04. The standard InChI is InChI=1S/C18H19FN4O/c1-13-5-6-16(21-20-13)22-9-7-18(8-10-22)12-23(17(18)24)15-4-2-3-14(19)11-15/h2-6,11H,7-10,12H2,1H3. The highest BCUT2D eigenvalue weighted by Gasteiger charge is 2.53. The van der Waals surface area contributed by atoms with Crippen LogP contribution in [-0.2, 0) is 4.79 Å². The van der Waals surface area contributed by atoms with Gasteiger partial charge in [-0.2, -0.15) is 5.10 Å². The van der Waals surface area contributed by atoms with E-state index in [2.05, 4.69) is 15.1 Å². The summed E-state index contributed by atoms with van der Waals surface area (Å²) in [7, 11) is 0. The zero-order valence-electron chi connectivity index (χ0n) is 13.6. The van der Waals surface area contributed by atoms with Gasteiger partial charge in [0.25, 0.3) is 0 Å². The van der Waals surface area contributed by atoms with Crippen LogP contribution in [0.25, 0.3) is 0 Å². The lowest BCUT2D eigenvalue weighted by atomic mass is 9.71. The Hall–Kier alpha value is -2.50. The van der Waals surface area contributed by atoms with Crippen molar-refractivity contribution in [3.63, 3.8) is 0 Å². The molecule has 6 heteroatoms. The lowest BCUT2D eigenvalue weighted by molar-refractivity contribution is -0.136. The van der Waals surface area contributed by atoms with Crippen LogP contribution in [-0.4, -0.2) is 35.7 Å². The number of rotatable bonds is 2. The summed E-state index contributed by atoms with van der Waals surface area (Å²) in [4.78, 5) is 16.6. The van der Waals surface area contributed by atoms with E-state index >= 15 is 0 Å². The van der Waals surface area contributed by atoms with E-state index in [4.69, 9.17) is 0 Å². The van der Waals surface area contributed by atoms with Gasteiger partial charge in [0, 0.05) is 25.3 Å². The maximum atomic E-state index is 13.4. The Labute approximate surface area is 140 Å². The Morgan fingerprint density at radius 3 is 2.54 bits per heavy atom. The molecular formula is C18H19FN4O. The SMILES string of the molecule is Cc1ccc(N2CCC3(CC2)CN(c2cccc(F)c2)C3=O)nn1. The molecule has 0 atom stereocenters. The summed E-state index contributed by atoms with van der Waals surface area (Å²) in [6.07, 6.45) is 1.60. The van der Waals surface area contributed by atoms with Crippen molar-refractivity contribution in [3.8, 4) is 0 Å². The molecule has 2 aliphatic rings. The zero-order valence-corrected chi connectivity index (χ0v) is 13.6. The molecule has 0 saturated carbocycles. The molecule has 2 saturated heterocycles. The van der Waals surface area contributed by atoms with E-state index in [0.29, 0.717) is 12.2 Å². The largest absolute Gasteiger partial charge is 0.355 e. The van der Waals surface area contributed by atoms with Gasteiger partial charge in [0.15, 0.2) is 5.82 Å². The van der Waals surface area contributed by atoms with Gasteiger partial charge in [-0.25, -0.2) is 4.39 Å². The van der Waals surface area contributed by atoms with E-state index in [0.717, 1.165) is 37.4 Å². The highest BCUT2D eigenvalue weighted by atomic mass is 19.1. The van der Waals surface area contributed by atoms with Crippen molar-refractivity contribution in [3.05, 3.63) is 47.9 Å². The fourth-order valence-corrected chi connectivity index (χ4v) is 3.59. The molecule has 4 rings (SSSR count). The number of carbonyl (C=O) groups is 1. The third kappa shape index (κ3) is 2.42. The highest BCUT2D eigenvalue weighted by Crippen LogP contribution is 2.44. The monoisotopic (exact) mass is 326 g/mol. The maximum Gasteiger partial charge on any atom is 0.235 e. The quantitative estimate of drug-likeness (QED) is 0.796. The third-order valence-corrected chi connectivity index (χ3v) is 5.11. The van der Waals surface area contributed by atoms with Crippen molar-refractivity contribution in [1.82, 2.24) is 10.2 Å². The van der Waals surface area contributed by atoms with Crippen molar-refractivity contribution >= 4 is 17.4 Å². The summed E-state index contributed by atoms with van der Waals surface area (Å²) in [5.41, 5.74) is 1.26. The Morgan fingerprint density at radius 1 is 1.12 bits per heavy atom. The molecule has 2 aliphatic heterocycles. The molecule has 1 aromatic carbocycles. The number of nitrogens with zero attached hydrogens (tertiary/aromatic N) is 4. The fourth-order valence-electron chi connectivity index (χ4n) is 3.59. The molecule has 0 aliphatic carbocycles. The number of hydrogen-bond acceptors (Lipinski definition) is 4. The fraction of sp³-hybridized carbons (Fsp3) is 0.389. The van der Waals surface area contributed by atoms with Crippen LogP contribution in [0, 0.1) is 18.2 Å². The number of benzene rings is 1. The van der Waals surface area contributed by atoms with Gasteiger partial charge < -0.3 is 9.80 Å². The summed E-state index contributed by atoms with van der Waals surface area (Å²) >= 11 is 0. The van der Waals surface area contributed by atoms with E-state index in [1.165, 1.54) is 12.1 Å². The van der Waals surface area contributed by atoms with E-state index in [1.54, 1.807) is 17.0 Å². The molecule has 1 amide bonds. The lowest BCUT2D eigenvalue weighted by Gasteiger charge is -2.52. The first kappa shape index (κ1) is 15.1. The molecule has 0 N–H and O–H groups in total. The predicted molar refractivity (Wildman–Crippen MR) is 89.4 cm³/mol. The van der Waals surface area contributed by atoms with Gasteiger partial charge in [0.1, 0.15) is 5.82 Å². The maximum absolute atomic E-state index is 13.4. The number of hydrogen-bond donors (Lipinski definition) is 0. The van der Waals surface area contributed by atoms with E-state index in [9.17, 15) is 9.18 Å². The van der Waals surface area contributed by atoms with E-state index < -0.39 is 0 Å². The van der Waals surface area contributed by atoms with Gasteiger partial charge in [-0.3, -0.25) is 4.79 Å². The smallest absolute Gasteiger partial charge is 0.235 e. The summed E-state index contributed by atoms with van der Waals surface area (Å²) in [5.74, 6) is 0.668. The molecule has 0 bridgehead atoms. The summed E-state index contributed by atoms with van der Waals surface area (Å²) in [6, 6.07) is 10.2. The molecule has 5 nitrogen and oxygen atoms in total. The Kier molecular flexibility index (Phi) is 3.48. The van der Waals surface area contributed by atoms with Crippen molar-refractivity contribution in [1.29, 1.82) is 0 Å². The second-order valence-electron chi connectivity index (χ2n) is 6.67. The van der Waals surface area contributed by atoms with Crippen molar-refractivity contribution in [2.24, 2.45) is 5.41 Å². The van der Waals surface area contributed by atoms with Crippen molar-refractivity contribution in [2.75, 3.05) is 29.4 Å². The molecular weight excluding hydrogens is 307 g/mol. The second-order valence-corrected chi connectivity index (χ2v) is 6.67. The second kappa shape index (κ2) is 5.54. The first-order valence-electron chi connectivity index (χ1n) is 8.20. The first-order chi connectivity index (χ1) is 11.6. The number of aryl methyl sites for hydroxylation is 1. The Morgan fingerprint density at radius 2 is 1.92 bits per heavy atom. The lowest BCUT2D eigenvalue weighted by Crippen LogP contribution is -2.65. The Balaban J connectivity index is 1.43. The molecule has 3 heterocycles. The van der Waals surface area contributed by atoms with Gasteiger partial charge in [0.05, 0.1) is 11.1 Å². The minimum atomic E-state index is -0.311. The Bertz CT molecular complexity index is 769. The molecule has 2 fully saturated rings. The van der Waals surface area contributed by atoms with Crippen LogP contribution in [0.5, 0.6) is 0 Å². The van der Waals surface area contributed by atoms with Gasteiger partial charge in [0.2, 0.25) is 5.91 Å². The van der Waals surface area contributed by atoms with Gasteiger partial charge in [-0.05, 0) is 50.1 Å².